The Labute approximate surface area is 100 Å². The van der Waals surface area contributed by atoms with Gasteiger partial charge in [-0.1, -0.05) is 13.3 Å². The monoisotopic (exact) mass is 245 g/mol. The second-order valence-electron chi connectivity index (χ2n) is 4.33. The number of carboxylic acid groups (broad SMARTS) is 1. The zero-order valence-electron chi connectivity index (χ0n) is 9.65. The minimum absolute atomic E-state index is 0.00906. The second-order valence-corrected chi connectivity index (χ2v) is 5.31. The molecule has 0 radical (unpaired) electrons. The zero-order chi connectivity index (χ0) is 12.0. The van der Waals surface area contributed by atoms with Gasteiger partial charge in [0.1, 0.15) is 0 Å². The van der Waals surface area contributed by atoms with E-state index in [2.05, 4.69) is 6.92 Å². The highest BCUT2D eigenvalue weighted by Gasteiger charge is 2.19. The Morgan fingerprint density at radius 1 is 1.38 bits per heavy atom. The molecule has 16 heavy (non-hydrogen) atoms. The van der Waals surface area contributed by atoms with Crippen molar-refractivity contribution in [3.8, 4) is 0 Å². The van der Waals surface area contributed by atoms with E-state index in [1.54, 1.807) is 0 Å². The molecule has 1 unspecified atom stereocenters. The van der Waals surface area contributed by atoms with Crippen LogP contribution in [0.25, 0.3) is 0 Å². The van der Waals surface area contributed by atoms with E-state index in [0.717, 1.165) is 19.5 Å². The molecule has 0 aliphatic carbocycles. The molecule has 1 aliphatic rings. The minimum atomic E-state index is -0.859. The number of carbonyl (C=O) groups excluding carboxylic acids is 1. The van der Waals surface area contributed by atoms with E-state index < -0.39 is 5.97 Å². The van der Waals surface area contributed by atoms with Gasteiger partial charge in [0.25, 0.3) is 0 Å². The van der Waals surface area contributed by atoms with Crippen LogP contribution in [0.15, 0.2) is 0 Å². The van der Waals surface area contributed by atoms with Crippen LogP contribution < -0.4 is 0 Å². The number of nitrogens with zero attached hydrogens (tertiary/aromatic N) is 1. The maximum atomic E-state index is 11.8. The van der Waals surface area contributed by atoms with Crippen LogP contribution in [-0.4, -0.2) is 46.5 Å². The van der Waals surface area contributed by atoms with Crippen molar-refractivity contribution in [1.29, 1.82) is 0 Å². The van der Waals surface area contributed by atoms with Gasteiger partial charge in [0.15, 0.2) is 0 Å². The predicted octanol–water partition coefficient (Wildman–Crippen LogP) is 1.45. The van der Waals surface area contributed by atoms with Gasteiger partial charge in [-0.15, -0.1) is 11.8 Å². The molecule has 1 heterocycles. The van der Waals surface area contributed by atoms with Gasteiger partial charge in [0.05, 0.1) is 11.5 Å². The van der Waals surface area contributed by atoms with Gasteiger partial charge < -0.3 is 10.0 Å². The molecule has 0 aromatic carbocycles. The lowest BCUT2D eigenvalue weighted by atomic mass is 10.1. The maximum absolute atomic E-state index is 11.8. The number of aliphatic carboxylic acids is 1. The average Bonchev–Trinajstić information content (AvgIpc) is 2.42. The third kappa shape index (κ3) is 4.88. The number of amides is 1. The molecule has 92 valence electrons. The van der Waals surface area contributed by atoms with E-state index in [1.807, 2.05) is 4.90 Å². The lowest BCUT2D eigenvalue weighted by molar-refractivity contribution is -0.133. The highest BCUT2D eigenvalue weighted by Crippen LogP contribution is 2.16. The molecule has 1 fully saturated rings. The number of carbonyl (C=O) groups is 2. The summed E-state index contributed by atoms with van der Waals surface area (Å²) in [4.78, 5) is 24.0. The molecule has 0 aromatic rings. The summed E-state index contributed by atoms with van der Waals surface area (Å²) < 4.78 is 0. The highest BCUT2D eigenvalue weighted by molar-refractivity contribution is 8.00. The average molecular weight is 245 g/mol. The second kappa shape index (κ2) is 6.78. The Hall–Kier alpha value is -0.710. The van der Waals surface area contributed by atoms with Crippen molar-refractivity contribution >= 4 is 23.6 Å². The van der Waals surface area contributed by atoms with Gasteiger partial charge in [-0.25, -0.2) is 0 Å². The smallest absolute Gasteiger partial charge is 0.313 e. The molecule has 4 nitrogen and oxygen atoms in total. The fraction of sp³-hybridized carbons (Fsp3) is 0.818. The van der Waals surface area contributed by atoms with Crippen LogP contribution in [0.1, 0.15) is 26.2 Å². The van der Waals surface area contributed by atoms with Crippen molar-refractivity contribution in [2.75, 3.05) is 24.6 Å². The number of thioether (sulfide) groups is 1. The molecule has 1 amide bonds. The normalized spacial score (nSPS) is 21.6. The first-order valence-electron chi connectivity index (χ1n) is 5.67. The highest BCUT2D eigenvalue weighted by atomic mass is 32.2. The van der Waals surface area contributed by atoms with Crippen LogP contribution in [0.2, 0.25) is 0 Å². The largest absolute Gasteiger partial charge is 0.481 e. The van der Waals surface area contributed by atoms with Crippen molar-refractivity contribution in [3.63, 3.8) is 0 Å². The van der Waals surface area contributed by atoms with E-state index in [1.165, 1.54) is 24.6 Å². The molecular formula is C11H19NO3S. The van der Waals surface area contributed by atoms with E-state index in [4.69, 9.17) is 5.11 Å². The predicted molar refractivity (Wildman–Crippen MR) is 64.6 cm³/mol. The standard InChI is InChI=1S/C11H19NO3S/c1-9-4-2-3-5-12(6-9)10(13)7-16-8-11(14)15/h9H,2-8H2,1H3,(H,14,15). The molecule has 1 N–H and O–H groups in total. The Bertz CT molecular complexity index is 258. The van der Waals surface area contributed by atoms with E-state index in [-0.39, 0.29) is 11.7 Å². The summed E-state index contributed by atoms with van der Waals surface area (Å²) in [6.07, 6.45) is 3.44. The first-order valence-corrected chi connectivity index (χ1v) is 6.82. The van der Waals surface area contributed by atoms with Crippen LogP contribution in [0, 0.1) is 5.92 Å². The van der Waals surface area contributed by atoms with E-state index >= 15 is 0 Å². The number of rotatable bonds is 4. The molecule has 1 rings (SSSR count). The van der Waals surface area contributed by atoms with E-state index in [9.17, 15) is 9.59 Å². The lowest BCUT2D eigenvalue weighted by Crippen LogP contribution is -2.35. The third-order valence-corrected chi connectivity index (χ3v) is 3.61. The molecule has 0 saturated carbocycles. The summed E-state index contributed by atoms with van der Waals surface area (Å²) in [6, 6.07) is 0. The Kier molecular flexibility index (Phi) is 5.66. The summed E-state index contributed by atoms with van der Waals surface area (Å²) in [5, 5.41) is 8.48. The van der Waals surface area contributed by atoms with Crippen LogP contribution in [-0.2, 0) is 9.59 Å². The SMILES string of the molecule is CC1CCCCN(C(=O)CSCC(=O)O)C1. The number of likely N-dealkylation sites (tertiary alicyclic amines) is 1. The fourth-order valence-electron chi connectivity index (χ4n) is 1.90. The maximum Gasteiger partial charge on any atom is 0.313 e. The molecular weight excluding hydrogens is 226 g/mol. The van der Waals surface area contributed by atoms with Gasteiger partial charge in [-0.05, 0) is 18.8 Å². The topological polar surface area (TPSA) is 57.6 Å². The summed E-state index contributed by atoms with van der Waals surface area (Å²) in [6.45, 7) is 3.82. The molecule has 0 spiro atoms. The summed E-state index contributed by atoms with van der Waals surface area (Å²) >= 11 is 1.18. The Morgan fingerprint density at radius 3 is 2.81 bits per heavy atom. The van der Waals surface area contributed by atoms with Gasteiger partial charge in [0, 0.05) is 13.1 Å². The van der Waals surface area contributed by atoms with E-state index in [0.29, 0.717) is 11.7 Å². The van der Waals surface area contributed by atoms with Crippen molar-refractivity contribution < 1.29 is 14.7 Å². The number of hydrogen-bond donors (Lipinski definition) is 1. The van der Waals surface area contributed by atoms with Gasteiger partial charge in [0.2, 0.25) is 5.91 Å². The fourth-order valence-corrected chi connectivity index (χ4v) is 2.53. The van der Waals surface area contributed by atoms with Gasteiger partial charge >= 0.3 is 5.97 Å². The van der Waals surface area contributed by atoms with Crippen LogP contribution in [0.3, 0.4) is 0 Å². The van der Waals surface area contributed by atoms with Crippen LogP contribution >= 0.6 is 11.8 Å². The number of carboxylic acids is 1. The molecule has 0 aromatic heterocycles. The Morgan fingerprint density at radius 2 is 2.12 bits per heavy atom. The number of hydrogen-bond acceptors (Lipinski definition) is 3. The van der Waals surface area contributed by atoms with Crippen LogP contribution in [0.5, 0.6) is 0 Å². The third-order valence-electron chi connectivity index (χ3n) is 2.71. The van der Waals surface area contributed by atoms with Crippen molar-refractivity contribution in [3.05, 3.63) is 0 Å². The first kappa shape index (κ1) is 13.4. The summed E-state index contributed by atoms with van der Waals surface area (Å²) in [7, 11) is 0. The summed E-state index contributed by atoms with van der Waals surface area (Å²) in [5.41, 5.74) is 0. The molecule has 1 aliphatic heterocycles. The van der Waals surface area contributed by atoms with Crippen molar-refractivity contribution in [2.45, 2.75) is 26.2 Å². The minimum Gasteiger partial charge on any atom is -0.481 e. The Balaban J connectivity index is 2.31. The molecule has 1 saturated heterocycles. The van der Waals surface area contributed by atoms with Gasteiger partial charge in [-0.2, -0.15) is 0 Å². The quantitative estimate of drug-likeness (QED) is 0.814. The summed E-state index contributed by atoms with van der Waals surface area (Å²) in [5.74, 6) is 0.0895. The molecule has 1 atom stereocenters. The molecule has 5 heteroatoms. The lowest BCUT2D eigenvalue weighted by Gasteiger charge is -2.22. The van der Waals surface area contributed by atoms with Crippen LogP contribution in [0.4, 0.5) is 0 Å². The zero-order valence-corrected chi connectivity index (χ0v) is 10.5. The van der Waals surface area contributed by atoms with Crippen molar-refractivity contribution in [2.24, 2.45) is 5.92 Å². The molecule has 0 bridgehead atoms. The van der Waals surface area contributed by atoms with Crippen molar-refractivity contribution in [1.82, 2.24) is 4.90 Å². The first-order chi connectivity index (χ1) is 7.59. The van der Waals surface area contributed by atoms with Gasteiger partial charge in [-0.3, -0.25) is 9.59 Å².